The average Bonchev–Trinajstić information content (AvgIpc) is 2.88. The van der Waals surface area contributed by atoms with Crippen LogP contribution in [0.4, 0.5) is 5.82 Å². The van der Waals surface area contributed by atoms with E-state index in [1.807, 2.05) is 0 Å². The molecule has 1 aromatic rings. The first-order valence-electron chi connectivity index (χ1n) is 9.35. The molecule has 3 rings (SSSR count). The van der Waals surface area contributed by atoms with Crippen LogP contribution in [0.1, 0.15) is 44.3 Å². The summed E-state index contributed by atoms with van der Waals surface area (Å²) in [7, 11) is 2.11. The number of nitrogen functional groups attached to an aromatic ring is 1. The molecular formula is C19H29N5O. The lowest BCUT2D eigenvalue weighted by Crippen LogP contribution is -2.38. The molecule has 1 aliphatic carbocycles. The highest BCUT2D eigenvalue weighted by molar-refractivity contribution is 5.79. The van der Waals surface area contributed by atoms with Crippen molar-refractivity contribution in [2.24, 2.45) is 5.92 Å². The van der Waals surface area contributed by atoms with Crippen LogP contribution >= 0.6 is 0 Å². The molecule has 1 saturated heterocycles. The van der Waals surface area contributed by atoms with E-state index in [9.17, 15) is 4.79 Å². The van der Waals surface area contributed by atoms with E-state index in [-0.39, 0.29) is 5.92 Å². The largest absolute Gasteiger partial charge is 0.384 e. The quantitative estimate of drug-likeness (QED) is 0.849. The van der Waals surface area contributed by atoms with Gasteiger partial charge in [0.1, 0.15) is 11.6 Å². The van der Waals surface area contributed by atoms with Crippen molar-refractivity contribution in [2.75, 3.05) is 25.9 Å². The maximum atomic E-state index is 12.8. The van der Waals surface area contributed by atoms with Gasteiger partial charge in [-0.05, 0) is 51.6 Å². The second-order valence-electron chi connectivity index (χ2n) is 7.20. The average molecular weight is 343 g/mol. The molecule has 0 bridgehead atoms. The highest BCUT2D eigenvalue weighted by atomic mass is 16.2. The SMILES string of the molecule is CN(Cc1nccc(N)n1)[C@H]1CCCN(C(=O)[C@@H]2CC=CCC2)CC1. The number of hydrogen-bond acceptors (Lipinski definition) is 5. The normalized spacial score (nSPS) is 24.3. The minimum Gasteiger partial charge on any atom is -0.384 e. The third-order valence-electron chi connectivity index (χ3n) is 5.37. The number of nitrogens with two attached hydrogens (primary N) is 1. The predicted octanol–water partition coefficient (Wildman–Crippen LogP) is 2.23. The lowest BCUT2D eigenvalue weighted by Gasteiger charge is -2.28. The zero-order valence-electron chi connectivity index (χ0n) is 15.1. The Morgan fingerprint density at radius 3 is 2.96 bits per heavy atom. The second-order valence-corrected chi connectivity index (χ2v) is 7.20. The van der Waals surface area contributed by atoms with Gasteiger partial charge in [-0.2, -0.15) is 0 Å². The lowest BCUT2D eigenvalue weighted by molar-refractivity contribution is -0.135. The van der Waals surface area contributed by atoms with E-state index in [1.165, 1.54) is 0 Å². The smallest absolute Gasteiger partial charge is 0.226 e. The number of allylic oxidation sites excluding steroid dienone is 2. The number of carbonyl (C=O) groups excluding carboxylic acids is 1. The molecular weight excluding hydrogens is 314 g/mol. The standard InChI is InChI=1S/C19H29N5O/c1-23(14-18-21-11-9-17(20)22-18)16-8-5-12-24(13-10-16)19(25)15-6-3-2-4-7-15/h2-3,9,11,15-16H,4-8,10,12-14H2,1H3,(H2,20,21,22)/t15-,16+/m1/s1. The fraction of sp³-hybridized carbons (Fsp3) is 0.632. The van der Waals surface area contributed by atoms with Crippen LogP contribution in [0.25, 0.3) is 0 Å². The first-order chi connectivity index (χ1) is 12.1. The van der Waals surface area contributed by atoms with E-state index in [4.69, 9.17) is 5.73 Å². The van der Waals surface area contributed by atoms with Crippen molar-refractivity contribution in [1.82, 2.24) is 19.8 Å². The van der Waals surface area contributed by atoms with Gasteiger partial charge in [-0.3, -0.25) is 9.69 Å². The fourth-order valence-electron chi connectivity index (χ4n) is 3.86. The summed E-state index contributed by atoms with van der Waals surface area (Å²) in [5.74, 6) is 1.82. The molecule has 6 heteroatoms. The molecule has 2 aliphatic rings. The first kappa shape index (κ1) is 17.9. The highest BCUT2D eigenvalue weighted by Crippen LogP contribution is 2.23. The summed E-state index contributed by atoms with van der Waals surface area (Å²) in [6, 6.07) is 2.16. The van der Waals surface area contributed by atoms with Crippen LogP contribution in [0.5, 0.6) is 0 Å². The molecule has 1 amide bonds. The van der Waals surface area contributed by atoms with Gasteiger partial charge < -0.3 is 10.6 Å². The maximum Gasteiger partial charge on any atom is 0.226 e. The van der Waals surface area contributed by atoms with Gasteiger partial charge >= 0.3 is 0 Å². The van der Waals surface area contributed by atoms with Gasteiger partial charge in [0, 0.05) is 31.2 Å². The van der Waals surface area contributed by atoms with E-state index in [0.717, 1.165) is 57.4 Å². The number of hydrogen-bond donors (Lipinski definition) is 1. The Hall–Kier alpha value is -1.95. The molecule has 136 valence electrons. The number of aromatic nitrogens is 2. The Kier molecular flexibility index (Phi) is 6.02. The molecule has 2 atom stereocenters. The second kappa shape index (κ2) is 8.43. The zero-order valence-corrected chi connectivity index (χ0v) is 15.1. The van der Waals surface area contributed by atoms with E-state index >= 15 is 0 Å². The van der Waals surface area contributed by atoms with Gasteiger partial charge in [-0.1, -0.05) is 12.2 Å². The van der Waals surface area contributed by atoms with Gasteiger partial charge in [-0.15, -0.1) is 0 Å². The van der Waals surface area contributed by atoms with Crippen molar-refractivity contribution in [3.05, 3.63) is 30.2 Å². The topological polar surface area (TPSA) is 75.4 Å². The van der Waals surface area contributed by atoms with Gasteiger partial charge in [0.15, 0.2) is 0 Å². The summed E-state index contributed by atoms with van der Waals surface area (Å²) in [6.07, 6.45) is 12.2. The van der Waals surface area contributed by atoms with Gasteiger partial charge in [0.2, 0.25) is 5.91 Å². The van der Waals surface area contributed by atoms with Crippen molar-refractivity contribution < 1.29 is 4.79 Å². The van der Waals surface area contributed by atoms with Crippen molar-refractivity contribution in [3.8, 4) is 0 Å². The summed E-state index contributed by atoms with van der Waals surface area (Å²) in [5, 5.41) is 0. The molecule has 1 fully saturated rings. The number of rotatable bonds is 4. The Balaban J connectivity index is 1.53. The third kappa shape index (κ3) is 4.78. The van der Waals surface area contributed by atoms with Crippen LogP contribution in [-0.2, 0) is 11.3 Å². The minimum absolute atomic E-state index is 0.194. The summed E-state index contributed by atoms with van der Waals surface area (Å²) in [4.78, 5) is 25.7. The highest BCUT2D eigenvalue weighted by Gasteiger charge is 2.27. The molecule has 0 radical (unpaired) electrons. The van der Waals surface area contributed by atoms with Crippen molar-refractivity contribution in [2.45, 2.75) is 51.1 Å². The van der Waals surface area contributed by atoms with Gasteiger partial charge in [0.25, 0.3) is 0 Å². The minimum atomic E-state index is 0.194. The molecule has 0 saturated carbocycles. The number of nitrogens with zero attached hydrogens (tertiary/aromatic N) is 4. The number of likely N-dealkylation sites (tertiary alicyclic amines) is 1. The molecule has 0 aromatic carbocycles. The van der Waals surface area contributed by atoms with Crippen molar-refractivity contribution in [3.63, 3.8) is 0 Å². The molecule has 1 aromatic heterocycles. The number of amides is 1. The van der Waals surface area contributed by atoms with Crippen molar-refractivity contribution >= 4 is 11.7 Å². The Bertz CT molecular complexity index is 618. The summed E-state index contributed by atoms with van der Waals surface area (Å²) in [5.41, 5.74) is 5.74. The van der Waals surface area contributed by atoms with Gasteiger partial charge in [-0.25, -0.2) is 9.97 Å². The summed E-state index contributed by atoms with van der Waals surface area (Å²) >= 11 is 0. The Morgan fingerprint density at radius 2 is 2.20 bits per heavy atom. The van der Waals surface area contributed by atoms with E-state index in [0.29, 0.717) is 24.3 Å². The van der Waals surface area contributed by atoms with Crippen LogP contribution in [-0.4, -0.2) is 51.9 Å². The van der Waals surface area contributed by atoms with Crippen LogP contribution in [0, 0.1) is 5.92 Å². The van der Waals surface area contributed by atoms with E-state index in [2.05, 4.69) is 39.0 Å². The predicted molar refractivity (Wildman–Crippen MR) is 98.6 cm³/mol. The van der Waals surface area contributed by atoms with Crippen LogP contribution < -0.4 is 5.73 Å². The maximum absolute atomic E-state index is 12.8. The van der Waals surface area contributed by atoms with Crippen LogP contribution in [0.2, 0.25) is 0 Å². The third-order valence-corrected chi connectivity index (χ3v) is 5.37. The number of carbonyl (C=O) groups is 1. The molecule has 0 unspecified atom stereocenters. The Labute approximate surface area is 150 Å². The van der Waals surface area contributed by atoms with E-state index < -0.39 is 0 Å². The molecule has 25 heavy (non-hydrogen) atoms. The number of anilines is 1. The fourth-order valence-corrected chi connectivity index (χ4v) is 3.86. The molecule has 6 nitrogen and oxygen atoms in total. The summed E-state index contributed by atoms with van der Waals surface area (Å²) < 4.78 is 0. The first-order valence-corrected chi connectivity index (χ1v) is 9.35. The molecule has 2 N–H and O–H groups in total. The lowest BCUT2D eigenvalue weighted by atomic mass is 9.93. The zero-order chi connectivity index (χ0) is 17.6. The Morgan fingerprint density at radius 1 is 1.32 bits per heavy atom. The summed E-state index contributed by atoms with van der Waals surface area (Å²) in [6.45, 7) is 2.43. The molecule has 1 aliphatic heterocycles. The van der Waals surface area contributed by atoms with Crippen molar-refractivity contribution in [1.29, 1.82) is 0 Å². The van der Waals surface area contributed by atoms with Crippen LogP contribution in [0.15, 0.2) is 24.4 Å². The molecule has 0 spiro atoms. The monoisotopic (exact) mass is 343 g/mol. The molecule has 2 heterocycles. The van der Waals surface area contributed by atoms with Crippen LogP contribution in [0.3, 0.4) is 0 Å². The van der Waals surface area contributed by atoms with Gasteiger partial charge in [0.05, 0.1) is 6.54 Å². The van der Waals surface area contributed by atoms with E-state index in [1.54, 1.807) is 12.3 Å².